The molecule has 2 heteroatoms. The molecule has 0 aliphatic heterocycles. The quantitative estimate of drug-likeness (QED) is 0.853. The minimum atomic E-state index is 0.180. The maximum absolute atomic E-state index is 6.17. The van der Waals surface area contributed by atoms with Crippen LogP contribution < -0.4 is 5.73 Å². The first-order valence-corrected chi connectivity index (χ1v) is 6.43. The van der Waals surface area contributed by atoms with Crippen LogP contribution in [0.1, 0.15) is 27.8 Å². The summed E-state index contributed by atoms with van der Waals surface area (Å²) < 4.78 is 0. The van der Waals surface area contributed by atoms with Gasteiger partial charge in [0.1, 0.15) is 0 Å². The second kappa shape index (κ2) is 5.28. The monoisotopic (exact) mass is 231 g/mol. The van der Waals surface area contributed by atoms with Crippen LogP contribution in [0.15, 0.2) is 42.5 Å². The van der Waals surface area contributed by atoms with Crippen molar-refractivity contribution in [1.29, 1.82) is 0 Å². The van der Waals surface area contributed by atoms with E-state index in [1.165, 1.54) is 15.3 Å². The molecule has 1 atom stereocenters. The van der Waals surface area contributed by atoms with E-state index in [-0.39, 0.29) is 6.04 Å². The van der Waals surface area contributed by atoms with E-state index >= 15 is 0 Å². The topological polar surface area (TPSA) is 26.0 Å². The molecule has 0 aliphatic carbocycles. The van der Waals surface area contributed by atoms with Crippen molar-refractivity contribution in [2.24, 2.45) is 5.73 Å². The van der Waals surface area contributed by atoms with Gasteiger partial charge in [-0.3, -0.25) is 0 Å². The maximum atomic E-state index is 6.17. The lowest BCUT2D eigenvalue weighted by Gasteiger charge is -2.09. The summed E-state index contributed by atoms with van der Waals surface area (Å²) in [4.78, 5) is 2.64. The lowest BCUT2D eigenvalue weighted by Crippen LogP contribution is -2.09. The highest BCUT2D eigenvalue weighted by Crippen LogP contribution is 2.24. The minimum absolute atomic E-state index is 0.180. The first-order chi connectivity index (χ1) is 7.75. The first-order valence-electron chi connectivity index (χ1n) is 5.61. The van der Waals surface area contributed by atoms with E-state index in [0.717, 1.165) is 12.8 Å². The highest BCUT2D eigenvalue weighted by atomic mass is 32.1. The van der Waals surface area contributed by atoms with Crippen molar-refractivity contribution in [1.82, 2.24) is 0 Å². The first kappa shape index (κ1) is 11.4. The average Bonchev–Trinajstić information content (AvgIpc) is 2.74. The molecular formula is C14H17NS. The Morgan fingerprint density at radius 2 is 1.88 bits per heavy atom. The van der Waals surface area contributed by atoms with E-state index < -0.39 is 0 Å². The Morgan fingerprint density at radius 3 is 2.50 bits per heavy atom. The van der Waals surface area contributed by atoms with E-state index in [1.807, 2.05) is 6.07 Å². The van der Waals surface area contributed by atoms with Gasteiger partial charge in [0.25, 0.3) is 0 Å². The molecule has 2 rings (SSSR count). The number of hydrogen-bond donors (Lipinski definition) is 1. The highest BCUT2D eigenvalue weighted by Gasteiger charge is 2.07. The lowest BCUT2D eigenvalue weighted by molar-refractivity contribution is 0.662. The number of nitrogens with two attached hydrogens (primary N) is 1. The fourth-order valence-electron chi connectivity index (χ4n) is 1.76. The van der Waals surface area contributed by atoms with E-state index in [1.54, 1.807) is 11.3 Å². The van der Waals surface area contributed by atoms with Crippen LogP contribution >= 0.6 is 11.3 Å². The van der Waals surface area contributed by atoms with Gasteiger partial charge in [-0.05, 0) is 37.5 Å². The molecule has 84 valence electrons. The molecule has 0 bridgehead atoms. The number of thiophene rings is 1. The third-order valence-corrected chi connectivity index (χ3v) is 3.85. The fraction of sp³-hybridized carbons (Fsp3) is 0.286. The molecule has 16 heavy (non-hydrogen) atoms. The van der Waals surface area contributed by atoms with Crippen molar-refractivity contribution in [3.63, 3.8) is 0 Å². The molecule has 1 aromatic carbocycles. The Bertz CT molecular complexity index is 433. The Balaban J connectivity index is 1.91. The van der Waals surface area contributed by atoms with Gasteiger partial charge in [-0.15, -0.1) is 11.3 Å². The molecule has 0 fully saturated rings. The third-order valence-electron chi connectivity index (χ3n) is 2.71. The summed E-state index contributed by atoms with van der Waals surface area (Å²) in [6, 6.07) is 15.0. The van der Waals surface area contributed by atoms with Crippen LogP contribution in [-0.2, 0) is 6.42 Å². The van der Waals surface area contributed by atoms with Gasteiger partial charge in [-0.25, -0.2) is 0 Å². The van der Waals surface area contributed by atoms with Crippen LogP contribution in [-0.4, -0.2) is 0 Å². The molecule has 0 spiro atoms. The van der Waals surface area contributed by atoms with Gasteiger partial charge in [-0.2, -0.15) is 0 Å². The molecule has 0 saturated heterocycles. The fourth-order valence-corrected chi connectivity index (χ4v) is 2.67. The van der Waals surface area contributed by atoms with Gasteiger partial charge < -0.3 is 5.73 Å². The molecule has 1 heterocycles. The van der Waals surface area contributed by atoms with Gasteiger partial charge in [-0.1, -0.05) is 30.3 Å². The number of rotatable bonds is 4. The SMILES string of the molecule is Cc1ccc(C(N)CCc2ccccc2)s1. The molecule has 1 nitrogen and oxygen atoms in total. The van der Waals surface area contributed by atoms with E-state index in [2.05, 4.69) is 43.3 Å². The van der Waals surface area contributed by atoms with Crippen molar-refractivity contribution in [3.05, 3.63) is 57.8 Å². The molecule has 0 aliphatic rings. The number of aryl methyl sites for hydroxylation is 2. The molecule has 0 saturated carbocycles. The highest BCUT2D eigenvalue weighted by molar-refractivity contribution is 7.12. The van der Waals surface area contributed by atoms with E-state index in [0.29, 0.717) is 0 Å². The van der Waals surface area contributed by atoms with E-state index in [9.17, 15) is 0 Å². The summed E-state index contributed by atoms with van der Waals surface area (Å²) in [6.07, 6.45) is 2.07. The predicted octanol–water partition coefficient (Wildman–Crippen LogP) is 3.69. The van der Waals surface area contributed by atoms with Crippen molar-refractivity contribution in [2.75, 3.05) is 0 Å². The molecule has 1 unspecified atom stereocenters. The van der Waals surface area contributed by atoms with Gasteiger partial charge >= 0.3 is 0 Å². The molecule has 0 radical (unpaired) electrons. The molecule has 2 aromatic rings. The Morgan fingerprint density at radius 1 is 1.12 bits per heavy atom. The van der Waals surface area contributed by atoms with Crippen LogP contribution in [0, 0.1) is 6.92 Å². The van der Waals surface area contributed by atoms with Crippen LogP contribution in [0.25, 0.3) is 0 Å². The van der Waals surface area contributed by atoms with Crippen molar-refractivity contribution in [3.8, 4) is 0 Å². The van der Waals surface area contributed by atoms with Crippen molar-refractivity contribution in [2.45, 2.75) is 25.8 Å². The van der Waals surface area contributed by atoms with E-state index in [4.69, 9.17) is 5.73 Å². The molecule has 1 aromatic heterocycles. The summed E-state index contributed by atoms with van der Waals surface area (Å²) in [7, 11) is 0. The van der Waals surface area contributed by atoms with Gasteiger partial charge in [0.05, 0.1) is 0 Å². The second-order valence-electron chi connectivity index (χ2n) is 4.08. The Labute approximate surface area is 101 Å². The zero-order valence-electron chi connectivity index (χ0n) is 9.52. The van der Waals surface area contributed by atoms with Crippen LogP contribution in [0.2, 0.25) is 0 Å². The molecular weight excluding hydrogens is 214 g/mol. The summed E-state index contributed by atoms with van der Waals surface area (Å²) in [6.45, 7) is 2.12. The minimum Gasteiger partial charge on any atom is -0.323 e. The van der Waals surface area contributed by atoms with Crippen LogP contribution in [0.5, 0.6) is 0 Å². The van der Waals surface area contributed by atoms with Gasteiger partial charge in [0.15, 0.2) is 0 Å². The van der Waals surface area contributed by atoms with Crippen LogP contribution in [0.3, 0.4) is 0 Å². The summed E-state index contributed by atoms with van der Waals surface area (Å²) in [5.41, 5.74) is 7.53. The number of hydrogen-bond acceptors (Lipinski definition) is 2. The Kier molecular flexibility index (Phi) is 3.75. The van der Waals surface area contributed by atoms with Crippen LogP contribution in [0.4, 0.5) is 0 Å². The predicted molar refractivity (Wildman–Crippen MR) is 70.7 cm³/mol. The summed E-state index contributed by atoms with van der Waals surface area (Å²) in [5, 5.41) is 0. The smallest absolute Gasteiger partial charge is 0.0393 e. The molecule has 0 amide bonds. The van der Waals surface area contributed by atoms with Crippen molar-refractivity contribution < 1.29 is 0 Å². The second-order valence-corrected chi connectivity index (χ2v) is 5.40. The van der Waals surface area contributed by atoms with Crippen molar-refractivity contribution >= 4 is 11.3 Å². The lowest BCUT2D eigenvalue weighted by atomic mass is 10.1. The standard InChI is InChI=1S/C14H17NS/c1-11-7-10-14(16-11)13(15)9-8-12-5-3-2-4-6-12/h2-7,10,13H,8-9,15H2,1H3. The third kappa shape index (κ3) is 2.94. The zero-order valence-corrected chi connectivity index (χ0v) is 10.3. The Hall–Kier alpha value is -1.12. The summed E-state index contributed by atoms with van der Waals surface area (Å²) >= 11 is 1.81. The number of benzene rings is 1. The largest absolute Gasteiger partial charge is 0.323 e. The maximum Gasteiger partial charge on any atom is 0.0393 e. The zero-order chi connectivity index (χ0) is 11.4. The molecule has 2 N–H and O–H groups in total. The van der Waals surface area contributed by atoms with Gasteiger partial charge in [0, 0.05) is 15.8 Å². The summed E-state index contributed by atoms with van der Waals surface area (Å²) in [5.74, 6) is 0. The average molecular weight is 231 g/mol. The normalized spacial score (nSPS) is 12.6. The van der Waals surface area contributed by atoms with Gasteiger partial charge in [0.2, 0.25) is 0 Å².